The average Bonchev–Trinajstić information content (AvgIpc) is 2.62. The van der Waals surface area contributed by atoms with Crippen LogP contribution in [-0.4, -0.2) is 19.7 Å². The Labute approximate surface area is 148 Å². The molecule has 0 saturated carbocycles. The first-order valence-electron chi connectivity index (χ1n) is 9.03. The molecule has 25 heavy (non-hydrogen) atoms. The number of piperidine rings is 1. The normalized spacial score (nSPS) is 15.4. The number of hydrogen-bond donors (Lipinski definition) is 1. The third kappa shape index (κ3) is 5.62. The lowest BCUT2D eigenvalue weighted by atomic mass is 9.89. The van der Waals surface area contributed by atoms with Gasteiger partial charge in [0, 0.05) is 12.7 Å². The highest BCUT2D eigenvalue weighted by Crippen LogP contribution is 2.25. The van der Waals surface area contributed by atoms with Crippen LogP contribution < -0.4 is 5.32 Å². The lowest BCUT2D eigenvalue weighted by Crippen LogP contribution is -2.26. The molecule has 2 aromatic rings. The molecule has 1 fully saturated rings. The summed E-state index contributed by atoms with van der Waals surface area (Å²) in [4.78, 5) is 0. The van der Waals surface area contributed by atoms with E-state index in [0.717, 1.165) is 32.0 Å². The predicted octanol–water partition coefficient (Wildman–Crippen LogP) is 4.58. The maximum Gasteiger partial charge on any atom is 0.126 e. The molecule has 1 saturated heterocycles. The van der Waals surface area contributed by atoms with Crippen LogP contribution in [-0.2, 0) is 17.8 Å². The van der Waals surface area contributed by atoms with Crippen LogP contribution in [0.2, 0.25) is 0 Å². The zero-order chi connectivity index (χ0) is 17.5. The van der Waals surface area contributed by atoms with Gasteiger partial charge in [0.05, 0.1) is 6.61 Å². The van der Waals surface area contributed by atoms with E-state index in [9.17, 15) is 8.78 Å². The number of rotatable bonds is 7. The largest absolute Gasteiger partial charge is 0.377 e. The molecule has 0 radical (unpaired) electrons. The van der Waals surface area contributed by atoms with Crippen molar-refractivity contribution >= 4 is 0 Å². The summed E-state index contributed by atoms with van der Waals surface area (Å²) in [5, 5.41) is 3.40. The van der Waals surface area contributed by atoms with E-state index in [0.29, 0.717) is 18.1 Å². The van der Waals surface area contributed by atoms with Crippen molar-refractivity contribution in [1.82, 2.24) is 5.32 Å². The van der Waals surface area contributed by atoms with Gasteiger partial charge in [-0.1, -0.05) is 24.3 Å². The second kappa shape index (κ2) is 9.07. The monoisotopic (exact) mass is 345 g/mol. The molecule has 2 nitrogen and oxygen atoms in total. The van der Waals surface area contributed by atoms with Gasteiger partial charge >= 0.3 is 0 Å². The fourth-order valence-corrected chi connectivity index (χ4v) is 3.37. The third-order valence-corrected chi connectivity index (χ3v) is 4.74. The minimum absolute atomic E-state index is 0.239. The molecule has 3 rings (SSSR count). The summed E-state index contributed by atoms with van der Waals surface area (Å²) < 4.78 is 31.7. The van der Waals surface area contributed by atoms with Gasteiger partial charge in [0.25, 0.3) is 0 Å². The van der Waals surface area contributed by atoms with Crippen molar-refractivity contribution in [2.45, 2.75) is 38.2 Å². The van der Waals surface area contributed by atoms with Crippen LogP contribution in [0, 0.1) is 11.6 Å². The number of ether oxygens (including phenoxy) is 1. The van der Waals surface area contributed by atoms with E-state index in [4.69, 9.17) is 4.74 Å². The van der Waals surface area contributed by atoms with Gasteiger partial charge in [-0.3, -0.25) is 0 Å². The summed E-state index contributed by atoms with van der Waals surface area (Å²) in [5.41, 5.74) is 3.27. The molecule has 1 aliphatic rings. The lowest BCUT2D eigenvalue weighted by Gasteiger charge is -2.23. The molecule has 0 bridgehead atoms. The van der Waals surface area contributed by atoms with Crippen LogP contribution in [0.1, 0.15) is 41.9 Å². The summed E-state index contributed by atoms with van der Waals surface area (Å²) in [7, 11) is 0. The van der Waals surface area contributed by atoms with Gasteiger partial charge in [0.2, 0.25) is 0 Å². The fraction of sp³-hybridized carbons (Fsp3) is 0.429. The molecule has 4 heteroatoms. The molecule has 0 atom stereocenters. The van der Waals surface area contributed by atoms with Crippen molar-refractivity contribution in [3.63, 3.8) is 0 Å². The van der Waals surface area contributed by atoms with Gasteiger partial charge in [-0.05, 0) is 73.5 Å². The minimum Gasteiger partial charge on any atom is -0.377 e. The van der Waals surface area contributed by atoms with E-state index >= 15 is 0 Å². The molecular weight excluding hydrogens is 320 g/mol. The van der Waals surface area contributed by atoms with Crippen LogP contribution in [0.3, 0.4) is 0 Å². The van der Waals surface area contributed by atoms with Gasteiger partial charge in [-0.2, -0.15) is 0 Å². The number of halogens is 2. The highest BCUT2D eigenvalue weighted by atomic mass is 19.1. The predicted molar refractivity (Wildman–Crippen MR) is 95.6 cm³/mol. The van der Waals surface area contributed by atoms with Crippen LogP contribution in [0.25, 0.3) is 0 Å². The third-order valence-electron chi connectivity index (χ3n) is 4.74. The Bertz CT molecular complexity index is 646. The molecule has 1 aliphatic heterocycles. The molecular formula is C21H25F2NO. The summed E-state index contributed by atoms with van der Waals surface area (Å²) in [6.07, 6.45) is 4.27. The molecule has 134 valence electrons. The molecule has 1 N–H and O–H groups in total. The van der Waals surface area contributed by atoms with Crippen molar-refractivity contribution in [2.75, 3.05) is 19.7 Å². The Morgan fingerprint density at radius 2 is 1.60 bits per heavy atom. The van der Waals surface area contributed by atoms with Gasteiger partial charge < -0.3 is 10.1 Å². The summed E-state index contributed by atoms with van der Waals surface area (Å²) in [6, 6.07) is 12.4. The summed E-state index contributed by atoms with van der Waals surface area (Å²) in [6.45, 7) is 3.04. The number of nitrogens with one attached hydrogen (secondary N) is 1. The lowest BCUT2D eigenvalue weighted by molar-refractivity contribution is 0.118. The van der Waals surface area contributed by atoms with E-state index in [1.54, 1.807) is 0 Å². The Morgan fingerprint density at radius 3 is 2.28 bits per heavy atom. The zero-order valence-electron chi connectivity index (χ0n) is 14.4. The van der Waals surface area contributed by atoms with Crippen molar-refractivity contribution in [1.29, 1.82) is 0 Å². The maximum absolute atomic E-state index is 13.1. The van der Waals surface area contributed by atoms with Gasteiger partial charge in [0.15, 0.2) is 0 Å². The number of aryl methyl sites for hydroxylation is 1. The van der Waals surface area contributed by atoms with Gasteiger partial charge in [-0.25, -0.2) is 8.78 Å². The quantitative estimate of drug-likeness (QED) is 0.742. The van der Waals surface area contributed by atoms with E-state index in [1.165, 1.54) is 36.1 Å². The fourth-order valence-electron chi connectivity index (χ4n) is 3.37. The van der Waals surface area contributed by atoms with Crippen LogP contribution >= 0.6 is 0 Å². The van der Waals surface area contributed by atoms with E-state index in [2.05, 4.69) is 29.6 Å². The van der Waals surface area contributed by atoms with E-state index < -0.39 is 11.6 Å². The second-order valence-corrected chi connectivity index (χ2v) is 6.70. The summed E-state index contributed by atoms with van der Waals surface area (Å²) >= 11 is 0. The molecule has 0 spiro atoms. The van der Waals surface area contributed by atoms with Crippen molar-refractivity contribution in [3.05, 3.63) is 70.8 Å². The number of hydrogen-bond acceptors (Lipinski definition) is 2. The SMILES string of the molecule is Fc1cc(F)cc(COCCCc2ccc(C3CCNCC3)cc2)c1. The summed E-state index contributed by atoms with van der Waals surface area (Å²) in [5.74, 6) is -0.440. The topological polar surface area (TPSA) is 21.3 Å². The standard InChI is InChI=1S/C21H25F2NO/c22-20-12-17(13-21(23)14-20)15-25-11-1-2-16-3-5-18(6-4-16)19-7-9-24-10-8-19/h3-6,12-14,19,24H,1-2,7-11,15H2. The first kappa shape index (κ1) is 18.0. The first-order valence-corrected chi connectivity index (χ1v) is 9.03. The van der Waals surface area contributed by atoms with Gasteiger partial charge in [-0.15, -0.1) is 0 Å². The van der Waals surface area contributed by atoms with Crippen LogP contribution in [0.15, 0.2) is 42.5 Å². The van der Waals surface area contributed by atoms with Crippen LogP contribution in [0.4, 0.5) is 8.78 Å². The van der Waals surface area contributed by atoms with E-state index in [-0.39, 0.29) is 6.61 Å². The maximum atomic E-state index is 13.1. The van der Waals surface area contributed by atoms with Crippen molar-refractivity contribution < 1.29 is 13.5 Å². The minimum atomic E-state index is -0.563. The van der Waals surface area contributed by atoms with Crippen molar-refractivity contribution in [3.8, 4) is 0 Å². The molecule has 0 amide bonds. The van der Waals surface area contributed by atoms with Crippen molar-refractivity contribution in [2.24, 2.45) is 0 Å². The Kier molecular flexibility index (Phi) is 6.54. The molecule has 0 aliphatic carbocycles. The van der Waals surface area contributed by atoms with Gasteiger partial charge in [0.1, 0.15) is 11.6 Å². The molecule has 0 unspecified atom stereocenters. The Morgan fingerprint density at radius 1 is 0.920 bits per heavy atom. The zero-order valence-corrected chi connectivity index (χ0v) is 14.4. The Hall–Kier alpha value is -1.78. The molecule has 0 aromatic heterocycles. The number of benzene rings is 2. The second-order valence-electron chi connectivity index (χ2n) is 6.70. The van der Waals surface area contributed by atoms with Crippen LogP contribution in [0.5, 0.6) is 0 Å². The average molecular weight is 345 g/mol. The highest BCUT2D eigenvalue weighted by molar-refractivity contribution is 5.26. The molecule has 1 heterocycles. The smallest absolute Gasteiger partial charge is 0.126 e. The highest BCUT2D eigenvalue weighted by Gasteiger charge is 2.14. The van der Waals surface area contributed by atoms with E-state index in [1.807, 2.05) is 0 Å². The Balaban J connectivity index is 1.38. The first-order chi connectivity index (χ1) is 12.2. The molecule has 2 aromatic carbocycles.